The first kappa shape index (κ1) is 23.9. The zero-order valence-electron chi connectivity index (χ0n) is 19.0. The zero-order chi connectivity index (χ0) is 23.2. The molecule has 0 aliphatic carbocycles. The Labute approximate surface area is 183 Å². The Bertz CT molecular complexity index is 946. The molecule has 2 aromatic carbocycles. The minimum Gasteiger partial charge on any atom is -0.481 e. The summed E-state index contributed by atoms with van der Waals surface area (Å²) in [5, 5.41) is 2.53. The number of nitrogens with one attached hydrogen (secondary N) is 3. The number of hydrogen-bond donors (Lipinski definition) is 3. The van der Waals surface area contributed by atoms with Gasteiger partial charge in [0.05, 0.1) is 6.54 Å². The monoisotopic (exact) mass is 425 g/mol. The molecule has 7 nitrogen and oxygen atoms in total. The lowest BCUT2D eigenvalue weighted by Crippen LogP contribution is -2.50. The summed E-state index contributed by atoms with van der Waals surface area (Å²) in [6.45, 7) is 11.5. The van der Waals surface area contributed by atoms with Crippen LogP contribution < -0.4 is 20.9 Å². The second-order valence-corrected chi connectivity index (χ2v) is 8.51. The van der Waals surface area contributed by atoms with Crippen molar-refractivity contribution < 1.29 is 19.1 Å². The highest BCUT2D eigenvalue weighted by atomic mass is 16.5. The number of carbonyl (C=O) groups is 3. The third-order valence-corrected chi connectivity index (χ3v) is 4.98. The first-order chi connectivity index (χ1) is 14.5. The van der Waals surface area contributed by atoms with Gasteiger partial charge in [0.1, 0.15) is 5.75 Å². The number of hydrazine groups is 1. The highest BCUT2D eigenvalue weighted by Gasteiger charge is 2.17. The molecule has 0 saturated carbocycles. The summed E-state index contributed by atoms with van der Waals surface area (Å²) in [5.41, 5.74) is 8.16. The molecule has 0 bridgehead atoms. The molecule has 7 heteroatoms. The summed E-state index contributed by atoms with van der Waals surface area (Å²) in [6.07, 6.45) is -0.809. The molecular weight excluding hydrogens is 394 g/mol. The molecule has 3 amide bonds. The number of carbonyl (C=O) groups excluding carboxylic acids is 3. The van der Waals surface area contributed by atoms with Crippen LogP contribution in [0, 0.1) is 13.8 Å². The molecule has 0 fully saturated rings. The molecular formula is C24H31N3O4. The van der Waals surface area contributed by atoms with Crippen molar-refractivity contribution in [2.75, 3.05) is 6.54 Å². The van der Waals surface area contributed by atoms with E-state index in [4.69, 9.17) is 4.74 Å². The minimum absolute atomic E-state index is 0.00795. The van der Waals surface area contributed by atoms with Gasteiger partial charge in [0.15, 0.2) is 6.10 Å². The van der Waals surface area contributed by atoms with Gasteiger partial charge in [-0.25, -0.2) is 0 Å². The fourth-order valence-corrected chi connectivity index (χ4v) is 2.76. The lowest BCUT2D eigenvalue weighted by Gasteiger charge is -2.19. The van der Waals surface area contributed by atoms with Crippen LogP contribution in [0.15, 0.2) is 42.5 Å². The minimum atomic E-state index is -0.809. The molecule has 0 saturated heterocycles. The summed E-state index contributed by atoms with van der Waals surface area (Å²) >= 11 is 0. The second kappa shape index (κ2) is 10.1. The Morgan fingerprint density at radius 2 is 1.61 bits per heavy atom. The molecule has 1 unspecified atom stereocenters. The van der Waals surface area contributed by atoms with Gasteiger partial charge < -0.3 is 10.1 Å². The maximum Gasteiger partial charge on any atom is 0.279 e. The van der Waals surface area contributed by atoms with Crippen molar-refractivity contribution in [2.24, 2.45) is 0 Å². The maximum absolute atomic E-state index is 12.2. The normalized spacial score (nSPS) is 11.9. The average molecular weight is 426 g/mol. The van der Waals surface area contributed by atoms with Crippen molar-refractivity contribution >= 4 is 17.7 Å². The number of hydrogen-bond acceptors (Lipinski definition) is 4. The summed E-state index contributed by atoms with van der Waals surface area (Å²) in [6, 6.07) is 12.8. The van der Waals surface area contributed by atoms with Gasteiger partial charge in [-0.05, 0) is 61.1 Å². The van der Waals surface area contributed by atoms with E-state index in [1.165, 1.54) is 0 Å². The van der Waals surface area contributed by atoms with E-state index in [1.807, 2.05) is 38.1 Å². The summed E-state index contributed by atoms with van der Waals surface area (Å²) in [5.74, 6) is -0.808. The van der Waals surface area contributed by atoms with Crippen LogP contribution in [-0.2, 0) is 15.0 Å². The predicted octanol–water partition coefficient (Wildman–Crippen LogP) is 2.95. The fraction of sp³-hybridized carbons (Fsp3) is 0.375. The summed E-state index contributed by atoms with van der Waals surface area (Å²) in [4.78, 5) is 36.4. The van der Waals surface area contributed by atoms with E-state index >= 15 is 0 Å². The zero-order valence-corrected chi connectivity index (χ0v) is 19.0. The van der Waals surface area contributed by atoms with Gasteiger partial charge in [0.25, 0.3) is 17.7 Å². The second-order valence-electron chi connectivity index (χ2n) is 8.51. The highest BCUT2D eigenvalue weighted by Crippen LogP contribution is 2.22. The van der Waals surface area contributed by atoms with Gasteiger partial charge in [0, 0.05) is 5.56 Å². The third-order valence-electron chi connectivity index (χ3n) is 4.98. The smallest absolute Gasteiger partial charge is 0.279 e. The van der Waals surface area contributed by atoms with Crippen LogP contribution in [0.25, 0.3) is 0 Å². The van der Waals surface area contributed by atoms with Crippen molar-refractivity contribution in [3.63, 3.8) is 0 Å². The van der Waals surface area contributed by atoms with E-state index in [0.29, 0.717) is 11.3 Å². The SMILES string of the molecule is Cc1cccc(OC(C)C(=O)NNC(=O)CNC(=O)c2ccc(C(C)(C)C)cc2)c1C. The van der Waals surface area contributed by atoms with Gasteiger partial charge in [0.2, 0.25) is 0 Å². The van der Waals surface area contributed by atoms with Gasteiger partial charge in [-0.2, -0.15) is 0 Å². The number of rotatable bonds is 6. The quantitative estimate of drug-likeness (QED) is 0.620. The Balaban J connectivity index is 1.78. The molecule has 0 aliphatic heterocycles. The van der Waals surface area contributed by atoms with E-state index in [9.17, 15) is 14.4 Å². The van der Waals surface area contributed by atoms with Crippen molar-refractivity contribution in [1.82, 2.24) is 16.2 Å². The van der Waals surface area contributed by atoms with E-state index in [2.05, 4.69) is 36.9 Å². The molecule has 0 spiro atoms. The van der Waals surface area contributed by atoms with E-state index < -0.39 is 17.9 Å². The number of ether oxygens (including phenoxy) is 1. The average Bonchev–Trinajstić information content (AvgIpc) is 2.72. The van der Waals surface area contributed by atoms with Crippen molar-refractivity contribution in [2.45, 2.75) is 53.1 Å². The van der Waals surface area contributed by atoms with Crippen LogP contribution in [-0.4, -0.2) is 30.4 Å². The lowest BCUT2D eigenvalue weighted by molar-refractivity contribution is -0.132. The Hall–Kier alpha value is -3.35. The summed E-state index contributed by atoms with van der Waals surface area (Å²) < 4.78 is 5.68. The van der Waals surface area contributed by atoms with Crippen molar-refractivity contribution in [3.05, 3.63) is 64.7 Å². The largest absolute Gasteiger partial charge is 0.481 e. The highest BCUT2D eigenvalue weighted by molar-refractivity contribution is 5.96. The molecule has 0 aliphatic rings. The number of amides is 3. The van der Waals surface area contributed by atoms with Crippen molar-refractivity contribution in [1.29, 1.82) is 0 Å². The topological polar surface area (TPSA) is 96.5 Å². The van der Waals surface area contributed by atoms with E-state index in [-0.39, 0.29) is 17.9 Å². The first-order valence-corrected chi connectivity index (χ1v) is 10.2. The van der Waals surface area contributed by atoms with Gasteiger partial charge >= 0.3 is 0 Å². The fourth-order valence-electron chi connectivity index (χ4n) is 2.76. The lowest BCUT2D eigenvalue weighted by atomic mass is 9.87. The van der Waals surface area contributed by atoms with Crippen LogP contribution in [0.3, 0.4) is 0 Å². The number of benzene rings is 2. The molecule has 31 heavy (non-hydrogen) atoms. The standard InChI is InChI=1S/C24H31N3O4/c1-15-8-7-9-20(16(15)2)31-17(3)22(29)27-26-21(28)14-25-23(30)18-10-12-19(13-11-18)24(4,5)6/h7-13,17H,14H2,1-6H3,(H,25,30)(H,26,28)(H,27,29). The van der Waals surface area contributed by atoms with Crippen LogP contribution in [0.2, 0.25) is 0 Å². The van der Waals surface area contributed by atoms with E-state index in [0.717, 1.165) is 16.7 Å². The molecule has 2 aromatic rings. The molecule has 0 aromatic heterocycles. The molecule has 0 heterocycles. The molecule has 166 valence electrons. The van der Waals surface area contributed by atoms with E-state index in [1.54, 1.807) is 25.1 Å². The Morgan fingerprint density at radius 3 is 2.23 bits per heavy atom. The molecule has 2 rings (SSSR count). The molecule has 1 atom stereocenters. The first-order valence-electron chi connectivity index (χ1n) is 10.2. The Morgan fingerprint density at radius 1 is 0.968 bits per heavy atom. The van der Waals surface area contributed by atoms with Gasteiger partial charge in [-0.15, -0.1) is 0 Å². The molecule has 3 N–H and O–H groups in total. The predicted molar refractivity (Wildman–Crippen MR) is 120 cm³/mol. The maximum atomic E-state index is 12.2. The summed E-state index contributed by atoms with van der Waals surface area (Å²) in [7, 11) is 0. The number of aryl methyl sites for hydroxylation is 1. The van der Waals surface area contributed by atoms with Crippen LogP contribution in [0.1, 0.15) is 54.7 Å². The third kappa shape index (κ3) is 6.84. The van der Waals surface area contributed by atoms with Crippen molar-refractivity contribution in [3.8, 4) is 5.75 Å². The van der Waals surface area contributed by atoms with Gasteiger partial charge in [-0.1, -0.05) is 45.0 Å². The van der Waals surface area contributed by atoms with Crippen LogP contribution in [0.4, 0.5) is 0 Å². The van der Waals surface area contributed by atoms with Crippen LogP contribution in [0.5, 0.6) is 5.75 Å². The Kier molecular flexibility index (Phi) is 7.80. The van der Waals surface area contributed by atoms with Crippen LogP contribution >= 0.6 is 0 Å². The van der Waals surface area contributed by atoms with Gasteiger partial charge in [-0.3, -0.25) is 25.2 Å². The molecule has 0 radical (unpaired) electrons.